The zero-order valence-electron chi connectivity index (χ0n) is 11.2. The van der Waals surface area contributed by atoms with Crippen LogP contribution in [0.25, 0.3) is 0 Å². The van der Waals surface area contributed by atoms with Gasteiger partial charge in [-0.25, -0.2) is 4.68 Å². The van der Waals surface area contributed by atoms with E-state index in [2.05, 4.69) is 15.3 Å². The van der Waals surface area contributed by atoms with E-state index in [1.807, 2.05) is 0 Å². The fourth-order valence-corrected chi connectivity index (χ4v) is 2.18. The van der Waals surface area contributed by atoms with Crippen molar-refractivity contribution in [1.82, 2.24) is 20.0 Å². The fourth-order valence-electron chi connectivity index (χ4n) is 1.99. The van der Waals surface area contributed by atoms with Crippen molar-refractivity contribution in [3.63, 3.8) is 0 Å². The molecule has 0 saturated heterocycles. The van der Waals surface area contributed by atoms with E-state index in [9.17, 15) is 10.1 Å². The van der Waals surface area contributed by atoms with Gasteiger partial charge in [-0.1, -0.05) is 5.21 Å². The molecule has 2 heterocycles. The molecule has 7 nitrogen and oxygen atoms in total. The van der Waals surface area contributed by atoms with Crippen LogP contribution in [0.5, 0.6) is 0 Å². The van der Waals surface area contributed by atoms with Gasteiger partial charge in [-0.2, -0.15) is 0 Å². The Balaban J connectivity index is 2.29. The van der Waals surface area contributed by atoms with Crippen LogP contribution in [0.2, 0.25) is 0 Å². The van der Waals surface area contributed by atoms with Crippen LogP contribution in [0.3, 0.4) is 0 Å². The lowest BCUT2D eigenvalue weighted by Gasteiger charge is -2.07. The summed E-state index contributed by atoms with van der Waals surface area (Å²) >= 11 is 5.64. The zero-order chi connectivity index (χ0) is 14.7. The molecule has 0 spiro atoms. The molecule has 0 radical (unpaired) electrons. The van der Waals surface area contributed by atoms with Crippen molar-refractivity contribution in [1.29, 1.82) is 0 Å². The van der Waals surface area contributed by atoms with Crippen molar-refractivity contribution in [3.8, 4) is 0 Å². The first-order valence-corrected chi connectivity index (χ1v) is 6.60. The van der Waals surface area contributed by atoms with Crippen molar-refractivity contribution in [2.45, 2.75) is 26.8 Å². The highest BCUT2D eigenvalue weighted by molar-refractivity contribution is 6.17. The summed E-state index contributed by atoms with van der Waals surface area (Å²) in [6.45, 7) is 3.72. The average molecular weight is 296 g/mol. The van der Waals surface area contributed by atoms with E-state index in [0.717, 1.165) is 5.69 Å². The molecule has 0 aliphatic carbocycles. The Morgan fingerprint density at radius 3 is 2.85 bits per heavy atom. The van der Waals surface area contributed by atoms with Gasteiger partial charge in [0.05, 0.1) is 28.4 Å². The van der Waals surface area contributed by atoms with Gasteiger partial charge in [-0.05, 0) is 13.8 Å². The van der Waals surface area contributed by atoms with Crippen LogP contribution in [0.15, 0.2) is 12.4 Å². The van der Waals surface area contributed by atoms with Crippen LogP contribution in [-0.2, 0) is 13.0 Å². The Bertz CT molecular complexity index is 641. The highest BCUT2D eigenvalue weighted by Gasteiger charge is 2.19. The number of hydrogen-bond acceptors (Lipinski definition) is 5. The van der Waals surface area contributed by atoms with Gasteiger partial charge in [-0.15, -0.1) is 16.7 Å². The van der Waals surface area contributed by atoms with Crippen molar-refractivity contribution >= 4 is 17.3 Å². The first-order valence-electron chi connectivity index (χ1n) is 6.07. The summed E-state index contributed by atoms with van der Waals surface area (Å²) in [4.78, 5) is 14.9. The molecule has 20 heavy (non-hydrogen) atoms. The van der Waals surface area contributed by atoms with Crippen LogP contribution in [0.4, 0.5) is 5.69 Å². The van der Waals surface area contributed by atoms with Crippen LogP contribution >= 0.6 is 11.6 Å². The zero-order valence-corrected chi connectivity index (χ0v) is 12.0. The molecule has 2 aromatic rings. The number of alkyl halides is 1. The predicted molar refractivity (Wildman–Crippen MR) is 73.9 cm³/mol. The molecule has 0 bridgehead atoms. The Labute approximate surface area is 120 Å². The first-order chi connectivity index (χ1) is 9.52. The first kappa shape index (κ1) is 14.4. The number of pyridine rings is 1. The van der Waals surface area contributed by atoms with Crippen LogP contribution in [0, 0.1) is 24.0 Å². The molecular formula is C12H14ClN5O2. The van der Waals surface area contributed by atoms with Crippen molar-refractivity contribution in [3.05, 3.63) is 45.0 Å². The number of halogens is 1. The Kier molecular flexibility index (Phi) is 4.29. The highest BCUT2D eigenvalue weighted by Crippen LogP contribution is 2.24. The second-order valence-corrected chi connectivity index (χ2v) is 4.84. The van der Waals surface area contributed by atoms with Gasteiger partial charge in [0.15, 0.2) is 0 Å². The Morgan fingerprint density at radius 1 is 1.45 bits per heavy atom. The SMILES string of the molecule is Cc1cnc(Cn2cc(CCCl)nn2)c(C)c1[N+](=O)[O-]. The second kappa shape index (κ2) is 5.96. The van der Waals surface area contributed by atoms with Gasteiger partial charge in [-0.3, -0.25) is 15.1 Å². The van der Waals surface area contributed by atoms with Crippen LogP contribution < -0.4 is 0 Å². The van der Waals surface area contributed by atoms with E-state index in [0.29, 0.717) is 35.7 Å². The minimum atomic E-state index is -0.379. The molecule has 0 N–H and O–H groups in total. The summed E-state index contributed by atoms with van der Waals surface area (Å²) in [5.74, 6) is 0.478. The monoisotopic (exact) mass is 295 g/mol. The smallest absolute Gasteiger partial charge is 0.258 e. The topological polar surface area (TPSA) is 86.7 Å². The van der Waals surface area contributed by atoms with Crippen LogP contribution in [0.1, 0.15) is 22.5 Å². The van der Waals surface area contributed by atoms with E-state index in [1.165, 1.54) is 6.20 Å². The molecule has 0 aliphatic rings. The normalized spacial score (nSPS) is 10.8. The van der Waals surface area contributed by atoms with Crippen molar-refractivity contribution < 1.29 is 4.92 Å². The molecule has 0 aliphatic heterocycles. The van der Waals surface area contributed by atoms with Gasteiger partial charge in [0.2, 0.25) is 0 Å². The van der Waals surface area contributed by atoms with Crippen LogP contribution in [-0.4, -0.2) is 30.8 Å². The fraction of sp³-hybridized carbons (Fsp3) is 0.417. The maximum Gasteiger partial charge on any atom is 0.278 e. The molecule has 0 aromatic carbocycles. The third-order valence-electron chi connectivity index (χ3n) is 3.01. The van der Waals surface area contributed by atoms with Gasteiger partial charge in [0, 0.05) is 30.3 Å². The van der Waals surface area contributed by atoms with Crippen molar-refractivity contribution in [2.75, 3.05) is 5.88 Å². The number of rotatable bonds is 5. The third-order valence-corrected chi connectivity index (χ3v) is 3.20. The molecule has 0 unspecified atom stereocenters. The van der Waals surface area contributed by atoms with E-state index >= 15 is 0 Å². The summed E-state index contributed by atoms with van der Waals surface area (Å²) in [5.41, 5.74) is 2.63. The molecule has 0 amide bonds. The minimum absolute atomic E-state index is 0.107. The lowest BCUT2D eigenvalue weighted by atomic mass is 10.1. The second-order valence-electron chi connectivity index (χ2n) is 4.47. The molecule has 0 fully saturated rings. The summed E-state index contributed by atoms with van der Waals surface area (Å²) in [6.07, 6.45) is 3.92. The van der Waals surface area contributed by atoms with Gasteiger partial charge in [0.1, 0.15) is 0 Å². The van der Waals surface area contributed by atoms with Crippen molar-refractivity contribution in [2.24, 2.45) is 0 Å². The Hall–Kier alpha value is -2.02. The van der Waals surface area contributed by atoms with E-state index in [4.69, 9.17) is 11.6 Å². The molecule has 0 atom stereocenters. The lowest BCUT2D eigenvalue weighted by molar-refractivity contribution is -0.386. The molecule has 106 valence electrons. The predicted octanol–water partition coefficient (Wildman–Crippen LogP) is 2.03. The summed E-state index contributed by atoms with van der Waals surface area (Å²) in [5, 5.41) is 19.0. The minimum Gasteiger partial charge on any atom is -0.258 e. The summed E-state index contributed by atoms with van der Waals surface area (Å²) in [6, 6.07) is 0. The van der Waals surface area contributed by atoms with E-state index in [-0.39, 0.29) is 10.6 Å². The standard InChI is InChI=1S/C12H14ClN5O2/c1-8-5-14-11(9(2)12(8)18(19)20)7-17-6-10(3-4-13)15-16-17/h5-6H,3-4,7H2,1-2H3. The summed E-state index contributed by atoms with van der Waals surface area (Å²) < 4.78 is 1.61. The van der Waals surface area contributed by atoms with Gasteiger partial charge in [0.25, 0.3) is 5.69 Å². The summed E-state index contributed by atoms with van der Waals surface area (Å²) in [7, 11) is 0. The molecule has 2 rings (SSSR count). The Morgan fingerprint density at radius 2 is 2.20 bits per heavy atom. The molecule has 0 saturated carbocycles. The van der Waals surface area contributed by atoms with E-state index < -0.39 is 0 Å². The lowest BCUT2D eigenvalue weighted by Crippen LogP contribution is -2.07. The number of nitro groups is 1. The van der Waals surface area contributed by atoms with Gasteiger partial charge >= 0.3 is 0 Å². The average Bonchev–Trinajstić information content (AvgIpc) is 2.81. The third kappa shape index (κ3) is 2.93. The number of nitrogens with zero attached hydrogens (tertiary/aromatic N) is 5. The number of aryl methyl sites for hydroxylation is 2. The largest absolute Gasteiger partial charge is 0.278 e. The number of aromatic nitrogens is 4. The quantitative estimate of drug-likeness (QED) is 0.478. The number of hydrogen-bond donors (Lipinski definition) is 0. The molecule has 8 heteroatoms. The molecule has 2 aromatic heterocycles. The molecular weight excluding hydrogens is 282 g/mol. The highest BCUT2D eigenvalue weighted by atomic mass is 35.5. The maximum atomic E-state index is 11.1. The van der Waals surface area contributed by atoms with Gasteiger partial charge < -0.3 is 0 Å². The van der Waals surface area contributed by atoms with E-state index in [1.54, 1.807) is 24.7 Å². The maximum absolute atomic E-state index is 11.1.